The Balaban J connectivity index is 2.27. The van der Waals surface area contributed by atoms with Crippen molar-refractivity contribution in [2.24, 2.45) is 0 Å². The van der Waals surface area contributed by atoms with Crippen molar-refractivity contribution >= 4 is 17.2 Å². The Morgan fingerprint density at radius 2 is 2.20 bits per heavy atom. The van der Waals surface area contributed by atoms with Gasteiger partial charge in [-0.15, -0.1) is 0 Å². The molecule has 0 amide bonds. The molecule has 15 heavy (non-hydrogen) atoms. The molecule has 1 N–H and O–H groups in total. The van der Waals surface area contributed by atoms with Crippen molar-refractivity contribution in [1.82, 2.24) is 4.98 Å². The molecule has 1 aromatic heterocycles. The third-order valence-electron chi connectivity index (χ3n) is 3.19. The van der Waals surface area contributed by atoms with E-state index in [1.165, 1.54) is 12.1 Å². The summed E-state index contributed by atoms with van der Waals surface area (Å²) in [5.41, 5.74) is 1.48. The van der Waals surface area contributed by atoms with Crippen molar-refractivity contribution in [2.75, 3.05) is 0 Å². The maximum atomic E-state index is 13.1. The van der Waals surface area contributed by atoms with Crippen molar-refractivity contribution in [1.29, 1.82) is 0 Å². The molecule has 1 saturated carbocycles. The van der Waals surface area contributed by atoms with E-state index < -0.39 is 0 Å². The highest BCUT2D eigenvalue weighted by molar-refractivity contribution is 5.90. The number of nitrogens with one attached hydrogen (secondary N) is 1. The lowest BCUT2D eigenvalue weighted by Crippen LogP contribution is -2.06. The molecule has 0 spiro atoms. The van der Waals surface area contributed by atoms with Crippen LogP contribution < -0.4 is 0 Å². The van der Waals surface area contributed by atoms with E-state index in [0.29, 0.717) is 0 Å². The quantitative estimate of drug-likeness (QED) is 0.747. The van der Waals surface area contributed by atoms with Crippen LogP contribution in [0, 0.1) is 5.82 Å². The van der Waals surface area contributed by atoms with Gasteiger partial charge in [0.2, 0.25) is 0 Å². The summed E-state index contributed by atoms with van der Waals surface area (Å²) in [5, 5.41) is 0.833. The van der Waals surface area contributed by atoms with Gasteiger partial charge in [0.1, 0.15) is 12.1 Å². The van der Waals surface area contributed by atoms with Crippen LogP contribution in [0.25, 0.3) is 10.9 Å². The molecular formula is C12H10FNO. The van der Waals surface area contributed by atoms with Gasteiger partial charge in [-0.25, -0.2) is 4.39 Å². The smallest absolute Gasteiger partial charge is 0.130 e. The SMILES string of the molecule is O=CC1(c2c[nH]c3ccc(F)cc23)CC1. The highest BCUT2D eigenvalue weighted by Gasteiger charge is 2.45. The zero-order valence-corrected chi connectivity index (χ0v) is 8.09. The van der Waals surface area contributed by atoms with E-state index in [1.54, 1.807) is 6.07 Å². The van der Waals surface area contributed by atoms with E-state index in [-0.39, 0.29) is 11.2 Å². The average Bonchev–Trinajstić information content (AvgIpc) is 2.93. The second-order valence-corrected chi connectivity index (χ2v) is 4.17. The van der Waals surface area contributed by atoms with Crippen LogP contribution in [0.5, 0.6) is 0 Å². The number of hydrogen-bond acceptors (Lipinski definition) is 1. The predicted octanol–water partition coefficient (Wildman–Crippen LogP) is 2.54. The summed E-state index contributed by atoms with van der Waals surface area (Å²) >= 11 is 0. The normalized spacial score (nSPS) is 17.9. The Labute approximate surface area is 86.1 Å². The fourth-order valence-corrected chi connectivity index (χ4v) is 2.09. The van der Waals surface area contributed by atoms with E-state index in [9.17, 15) is 9.18 Å². The van der Waals surface area contributed by atoms with Crippen molar-refractivity contribution in [2.45, 2.75) is 18.3 Å². The third kappa shape index (κ3) is 1.12. The molecule has 3 heteroatoms. The standard InChI is InChI=1S/C12H10FNO/c13-8-1-2-11-9(5-8)10(6-14-11)12(7-15)3-4-12/h1-2,5-7,14H,3-4H2. The number of aromatic nitrogens is 1. The van der Waals surface area contributed by atoms with Gasteiger partial charge in [0.05, 0.1) is 5.41 Å². The summed E-state index contributed by atoms with van der Waals surface area (Å²) in [6.07, 6.45) is 4.56. The molecule has 0 saturated heterocycles. The largest absolute Gasteiger partial charge is 0.361 e. The number of rotatable bonds is 2. The first kappa shape index (κ1) is 8.65. The third-order valence-corrected chi connectivity index (χ3v) is 3.19. The second kappa shape index (κ2) is 2.69. The van der Waals surface area contributed by atoms with Gasteiger partial charge in [0.25, 0.3) is 0 Å². The van der Waals surface area contributed by atoms with E-state index in [1.807, 2.05) is 6.20 Å². The van der Waals surface area contributed by atoms with Crippen LogP contribution in [-0.4, -0.2) is 11.3 Å². The van der Waals surface area contributed by atoms with E-state index in [0.717, 1.165) is 35.6 Å². The fourth-order valence-electron chi connectivity index (χ4n) is 2.09. The van der Waals surface area contributed by atoms with Gasteiger partial charge in [0.15, 0.2) is 0 Å². The molecule has 1 fully saturated rings. The molecule has 1 heterocycles. The number of halogens is 1. The number of carbonyl (C=O) groups is 1. The number of H-pyrrole nitrogens is 1. The lowest BCUT2D eigenvalue weighted by molar-refractivity contribution is -0.109. The number of aldehydes is 1. The molecule has 0 atom stereocenters. The topological polar surface area (TPSA) is 32.9 Å². The Bertz CT molecular complexity index is 540. The highest BCUT2D eigenvalue weighted by atomic mass is 19.1. The fraction of sp³-hybridized carbons (Fsp3) is 0.250. The summed E-state index contributed by atoms with van der Waals surface area (Å²) < 4.78 is 13.1. The number of carbonyl (C=O) groups excluding carboxylic acids is 1. The molecule has 3 rings (SSSR count). The molecule has 2 aromatic rings. The van der Waals surface area contributed by atoms with Crippen LogP contribution in [0.3, 0.4) is 0 Å². The van der Waals surface area contributed by atoms with Crippen molar-refractivity contribution < 1.29 is 9.18 Å². The lowest BCUT2D eigenvalue weighted by Gasteiger charge is -2.04. The first-order valence-corrected chi connectivity index (χ1v) is 4.99. The molecule has 0 bridgehead atoms. The van der Waals surface area contributed by atoms with Crippen LogP contribution in [0.2, 0.25) is 0 Å². The zero-order valence-electron chi connectivity index (χ0n) is 8.09. The Kier molecular flexibility index (Phi) is 1.55. The molecule has 2 nitrogen and oxygen atoms in total. The van der Waals surface area contributed by atoms with Crippen LogP contribution in [0.15, 0.2) is 24.4 Å². The maximum Gasteiger partial charge on any atom is 0.130 e. The predicted molar refractivity (Wildman–Crippen MR) is 55.2 cm³/mol. The van der Waals surface area contributed by atoms with E-state index in [4.69, 9.17) is 0 Å². The van der Waals surface area contributed by atoms with Gasteiger partial charge in [0, 0.05) is 17.1 Å². The van der Waals surface area contributed by atoms with Gasteiger partial charge in [-0.1, -0.05) is 0 Å². The summed E-state index contributed by atoms with van der Waals surface area (Å²) in [6, 6.07) is 4.61. The summed E-state index contributed by atoms with van der Waals surface area (Å²) in [4.78, 5) is 14.1. The van der Waals surface area contributed by atoms with Crippen molar-refractivity contribution in [3.63, 3.8) is 0 Å². The molecule has 76 valence electrons. The molecule has 0 unspecified atom stereocenters. The number of fused-ring (bicyclic) bond motifs is 1. The van der Waals surface area contributed by atoms with Gasteiger partial charge in [-0.05, 0) is 36.6 Å². The second-order valence-electron chi connectivity index (χ2n) is 4.17. The Morgan fingerprint density at radius 3 is 2.87 bits per heavy atom. The monoisotopic (exact) mass is 203 g/mol. The number of aromatic amines is 1. The minimum absolute atomic E-state index is 0.259. The first-order chi connectivity index (χ1) is 7.25. The Morgan fingerprint density at radius 1 is 1.40 bits per heavy atom. The lowest BCUT2D eigenvalue weighted by atomic mass is 9.97. The Hall–Kier alpha value is -1.64. The van der Waals surface area contributed by atoms with Gasteiger partial charge >= 0.3 is 0 Å². The van der Waals surface area contributed by atoms with Gasteiger partial charge in [-0.2, -0.15) is 0 Å². The molecular weight excluding hydrogens is 193 g/mol. The zero-order chi connectivity index (χ0) is 10.5. The molecule has 1 aromatic carbocycles. The molecule has 1 aliphatic rings. The van der Waals surface area contributed by atoms with E-state index in [2.05, 4.69) is 4.98 Å². The molecule has 0 radical (unpaired) electrons. The summed E-state index contributed by atoms with van der Waals surface area (Å²) in [7, 11) is 0. The minimum atomic E-state index is -0.341. The van der Waals surface area contributed by atoms with Crippen LogP contribution in [-0.2, 0) is 10.2 Å². The highest BCUT2D eigenvalue weighted by Crippen LogP contribution is 2.48. The van der Waals surface area contributed by atoms with Crippen LogP contribution in [0.4, 0.5) is 4.39 Å². The molecule has 0 aliphatic heterocycles. The first-order valence-electron chi connectivity index (χ1n) is 4.99. The van der Waals surface area contributed by atoms with Gasteiger partial charge < -0.3 is 9.78 Å². The number of hydrogen-bond donors (Lipinski definition) is 1. The summed E-state index contributed by atoms with van der Waals surface area (Å²) in [6.45, 7) is 0. The van der Waals surface area contributed by atoms with Crippen LogP contribution in [0.1, 0.15) is 18.4 Å². The average molecular weight is 203 g/mol. The van der Waals surface area contributed by atoms with Crippen molar-refractivity contribution in [3.8, 4) is 0 Å². The molecule has 1 aliphatic carbocycles. The van der Waals surface area contributed by atoms with E-state index >= 15 is 0 Å². The van der Waals surface area contributed by atoms with Crippen LogP contribution >= 0.6 is 0 Å². The number of benzene rings is 1. The van der Waals surface area contributed by atoms with Crippen molar-refractivity contribution in [3.05, 3.63) is 35.8 Å². The maximum absolute atomic E-state index is 13.1. The minimum Gasteiger partial charge on any atom is -0.361 e. The summed E-state index contributed by atoms with van der Waals surface area (Å²) in [5.74, 6) is -0.259. The van der Waals surface area contributed by atoms with Gasteiger partial charge in [-0.3, -0.25) is 0 Å².